The summed E-state index contributed by atoms with van der Waals surface area (Å²) in [5, 5.41) is 2.61. The zero-order valence-electron chi connectivity index (χ0n) is 15.3. The third-order valence-corrected chi connectivity index (χ3v) is 4.65. The van der Waals surface area contributed by atoms with Crippen LogP contribution in [-0.2, 0) is 0 Å². The van der Waals surface area contributed by atoms with Crippen LogP contribution < -0.4 is 5.32 Å². The summed E-state index contributed by atoms with van der Waals surface area (Å²) in [7, 11) is 0. The predicted molar refractivity (Wildman–Crippen MR) is 104 cm³/mol. The molecule has 0 atom stereocenters. The molecule has 2 heterocycles. The number of imidazole rings is 1. The molecule has 0 bridgehead atoms. The lowest BCUT2D eigenvalue weighted by atomic mass is 10.1. The second-order valence-electron chi connectivity index (χ2n) is 6.63. The molecule has 1 amide bonds. The first kappa shape index (κ1) is 17.9. The summed E-state index contributed by atoms with van der Waals surface area (Å²) in [6.45, 7) is 3.79. The summed E-state index contributed by atoms with van der Waals surface area (Å²) in [6.07, 6.45) is 3.81. The molecule has 0 aliphatic rings. The lowest BCUT2D eigenvalue weighted by Gasteiger charge is -2.11. The van der Waals surface area contributed by atoms with Gasteiger partial charge < -0.3 is 9.72 Å². The van der Waals surface area contributed by atoms with Gasteiger partial charge in [0.15, 0.2) is 0 Å². The van der Waals surface area contributed by atoms with Crippen LogP contribution in [0, 0.1) is 25.5 Å². The zero-order valence-corrected chi connectivity index (χ0v) is 15.3. The Balaban J connectivity index is 1.71. The van der Waals surface area contributed by atoms with Crippen molar-refractivity contribution in [3.05, 3.63) is 89.2 Å². The minimum absolute atomic E-state index is 0.471. The second-order valence-corrected chi connectivity index (χ2v) is 6.63. The van der Waals surface area contributed by atoms with E-state index >= 15 is 0 Å². The SMILES string of the molecule is Cc1ccc(-c2cn3cccc(C)c3n2)cc1NC(=O)c1c(F)cccc1F. The number of nitrogens with zero attached hydrogens (tertiary/aromatic N) is 2. The Bertz CT molecular complexity index is 1190. The molecule has 4 rings (SSSR count). The number of carbonyl (C=O) groups excluding carboxylic acids is 1. The number of pyridine rings is 1. The van der Waals surface area contributed by atoms with Gasteiger partial charge in [0.2, 0.25) is 0 Å². The van der Waals surface area contributed by atoms with Gasteiger partial charge in [0.25, 0.3) is 5.91 Å². The molecule has 2 aromatic heterocycles. The minimum atomic E-state index is -0.901. The quantitative estimate of drug-likeness (QED) is 0.537. The van der Waals surface area contributed by atoms with Gasteiger partial charge in [-0.2, -0.15) is 0 Å². The number of rotatable bonds is 3. The molecular formula is C22H17F2N3O. The number of nitrogens with one attached hydrogen (secondary N) is 1. The highest BCUT2D eigenvalue weighted by Crippen LogP contribution is 2.27. The first-order chi connectivity index (χ1) is 13.4. The lowest BCUT2D eigenvalue weighted by Crippen LogP contribution is -2.16. The molecule has 0 fully saturated rings. The number of amides is 1. The van der Waals surface area contributed by atoms with E-state index in [1.807, 2.05) is 54.9 Å². The maximum atomic E-state index is 13.9. The molecule has 6 heteroatoms. The van der Waals surface area contributed by atoms with Gasteiger partial charge in [0, 0.05) is 23.6 Å². The van der Waals surface area contributed by atoms with Crippen molar-refractivity contribution in [2.75, 3.05) is 5.32 Å². The highest BCUT2D eigenvalue weighted by molar-refractivity contribution is 6.05. The summed E-state index contributed by atoms with van der Waals surface area (Å²) in [4.78, 5) is 17.1. The van der Waals surface area contributed by atoms with Crippen LogP contribution in [0.5, 0.6) is 0 Å². The topological polar surface area (TPSA) is 46.4 Å². The van der Waals surface area contributed by atoms with Crippen molar-refractivity contribution in [2.45, 2.75) is 13.8 Å². The van der Waals surface area contributed by atoms with E-state index < -0.39 is 23.1 Å². The first-order valence-corrected chi connectivity index (χ1v) is 8.75. The summed E-state index contributed by atoms with van der Waals surface area (Å²) in [5.41, 5.74) is 4.06. The molecule has 0 aliphatic heterocycles. The summed E-state index contributed by atoms with van der Waals surface area (Å²) in [5.74, 6) is -2.63. The molecular weight excluding hydrogens is 360 g/mol. The maximum Gasteiger partial charge on any atom is 0.261 e. The number of benzene rings is 2. The van der Waals surface area contributed by atoms with Crippen LogP contribution in [0.1, 0.15) is 21.5 Å². The van der Waals surface area contributed by atoms with Gasteiger partial charge in [-0.1, -0.05) is 24.3 Å². The van der Waals surface area contributed by atoms with Crippen LogP contribution in [0.2, 0.25) is 0 Å². The molecule has 4 aromatic rings. The molecule has 2 aromatic carbocycles. The molecule has 0 spiro atoms. The van der Waals surface area contributed by atoms with Crippen molar-refractivity contribution in [1.29, 1.82) is 0 Å². The van der Waals surface area contributed by atoms with E-state index in [2.05, 4.69) is 10.3 Å². The first-order valence-electron chi connectivity index (χ1n) is 8.75. The molecule has 0 unspecified atom stereocenters. The van der Waals surface area contributed by atoms with Gasteiger partial charge in [-0.15, -0.1) is 0 Å². The smallest absolute Gasteiger partial charge is 0.261 e. The van der Waals surface area contributed by atoms with Crippen molar-refractivity contribution in [1.82, 2.24) is 9.38 Å². The number of hydrogen-bond acceptors (Lipinski definition) is 2. The standard InChI is InChI=1S/C22H17F2N3O/c1-13-8-9-15(19-12-27-10-4-5-14(2)21(27)25-19)11-18(13)26-22(28)20-16(23)6-3-7-17(20)24/h3-12H,1-2H3,(H,26,28). The van der Waals surface area contributed by atoms with Gasteiger partial charge in [-0.3, -0.25) is 4.79 Å². The van der Waals surface area contributed by atoms with Crippen molar-refractivity contribution in [2.24, 2.45) is 0 Å². The highest BCUT2D eigenvalue weighted by Gasteiger charge is 2.18. The van der Waals surface area contributed by atoms with E-state index in [9.17, 15) is 13.6 Å². The summed E-state index contributed by atoms with van der Waals surface area (Å²) < 4.78 is 29.7. The highest BCUT2D eigenvalue weighted by atomic mass is 19.1. The van der Waals surface area contributed by atoms with Crippen LogP contribution in [-0.4, -0.2) is 15.3 Å². The van der Waals surface area contributed by atoms with Crippen molar-refractivity contribution < 1.29 is 13.6 Å². The average molecular weight is 377 g/mol. The zero-order chi connectivity index (χ0) is 19.8. The second kappa shape index (κ2) is 6.88. The number of hydrogen-bond donors (Lipinski definition) is 1. The third kappa shape index (κ3) is 3.13. The number of aromatic nitrogens is 2. The van der Waals surface area contributed by atoms with E-state index in [0.717, 1.165) is 40.2 Å². The fraction of sp³-hybridized carbons (Fsp3) is 0.0909. The monoisotopic (exact) mass is 377 g/mol. The van der Waals surface area contributed by atoms with Crippen LogP contribution in [0.15, 0.2) is 60.9 Å². The Morgan fingerprint density at radius 2 is 1.75 bits per heavy atom. The Hall–Kier alpha value is -3.54. The average Bonchev–Trinajstić information content (AvgIpc) is 3.09. The van der Waals surface area contributed by atoms with Crippen molar-refractivity contribution >= 4 is 17.2 Å². The third-order valence-electron chi connectivity index (χ3n) is 4.65. The number of anilines is 1. The van der Waals surface area contributed by atoms with E-state index in [1.165, 1.54) is 6.07 Å². The minimum Gasteiger partial charge on any atom is -0.322 e. The van der Waals surface area contributed by atoms with E-state index in [0.29, 0.717) is 5.69 Å². The molecule has 4 nitrogen and oxygen atoms in total. The van der Waals surface area contributed by atoms with Crippen molar-refractivity contribution in [3.8, 4) is 11.3 Å². The fourth-order valence-corrected chi connectivity index (χ4v) is 3.11. The molecule has 0 radical (unpaired) electrons. The van der Waals surface area contributed by atoms with Gasteiger partial charge >= 0.3 is 0 Å². The predicted octanol–water partition coefficient (Wildman–Crippen LogP) is 5.15. The Kier molecular flexibility index (Phi) is 4.39. The number of carbonyl (C=O) groups is 1. The number of halogens is 2. The van der Waals surface area contributed by atoms with Crippen LogP contribution >= 0.6 is 0 Å². The van der Waals surface area contributed by atoms with Crippen LogP contribution in [0.4, 0.5) is 14.5 Å². The molecule has 0 saturated carbocycles. The van der Waals surface area contributed by atoms with Crippen LogP contribution in [0.3, 0.4) is 0 Å². The molecule has 1 N–H and O–H groups in total. The molecule has 140 valence electrons. The fourth-order valence-electron chi connectivity index (χ4n) is 3.11. The number of aryl methyl sites for hydroxylation is 2. The van der Waals surface area contributed by atoms with Gasteiger partial charge in [-0.25, -0.2) is 13.8 Å². The van der Waals surface area contributed by atoms with Crippen LogP contribution in [0.25, 0.3) is 16.9 Å². The van der Waals surface area contributed by atoms with Gasteiger partial charge in [-0.05, 0) is 49.2 Å². The summed E-state index contributed by atoms with van der Waals surface area (Å²) >= 11 is 0. The van der Waals surface area contributed by atoms with Gasteiger partial charge in [0.05, 0.1) is 5.69 Å². The van der Waals surface area contributed by atoms with Gasteiger partial charge in [0.1, 0.15) is 22.8 Å². The van der Waals surface area contributed by atoms with Crippen molar-refractivity contribution in [3.63, 3.8) is 0 Å². The Labute approximate surface area is 160 Å². The lowest BCUT2D eigenvalue weighted by molar-refractivity contribution is 0.101. The summed E-state index contributed by atoms with van der Waals surface area (Å²) in [6, 6.07) is 12.7. The largest absolute Gasteiger partial charge is 0.322 e. The van der Waals surface area contributed by atoms with E-state index in [4.69, 9.17) is 0 Å². The normalized spacial score (nSPS) is 11.0. The molecule has 28 heavy (non-hydrogen) atoms. The maximum absolute atomic E-state index is 13.9. The molecule has 0 saturated heterocycles. The Morgan fingerprint density at radius 1 is 1.00 bits per heavy atom. The Morgan fingerprint density at radius 3 is 2.46 bits per heavy atom. The molecule has 0 aliphatic carbocycles. The van der Waals surface area contributed by atoms with E-state index in [1.54, 1.807) is 6.07 Å². The van der Waals surface area contributed by atoms with E-state index in [-0.39, 0.29) is 0 Å². The number of fused-ring (bicyclic) bond motifs is 1.